The van der Waals surface area contributed by atoms with Crippen LogP contribution in [0.4, 0.5) is 0 Å². The quantitative estimate of drug-likeness (QED) is 0.195. The summed E-state index contributed by atoms with van der Waals surface area (Å²) in [5.74, 6) is -2.59. The normalized spacial score (nSPS) is 17.4. The molecular weight excluding hydrogens is 248 g/mol. The highest BCUT2D eigenvalue weighted by atomic mass is 16.6. The molecule has 104 valence electrons. The summed E-state index contributed by atoms with van der Waals surface area (Å²) in [6.45, 7) is 3.58. The van der Waals surface area contributed by atoms with Crippen LogP contribution in [0, 0.1) is 0 Å². The second kappa shape index (κ2) is 7.19. The highest BCUT2D eigenvalue weighted by Gasteiger charge is 2.36. The molecule has 0 bridgehead atoms. The Morgan fingerprint density at radius 2 is 1.67 bits per heavy atom. The third kappa shape index (κ3) is 4.51. The van der Waals surface area contributed by atoms with Gasteiger partial charge in [0.05, 0.1) is 6.61 Å². The van der Waals surface area contributed by atoms with Crippen LogP contribution in [-0.2, 0) is 14.3 Å². The van der Waals surface area contributed by atoms with Crippen molar-refractivity contribution in [1.29, 1.82) is 0 Å². The second-order valence-electron chi connectivity index (χ2n) is 3.66. The van der Waals surface area contributed by atoms with Crippen LogP contribution in [0.25, 0.3) is 0 Å². The molecule has 0 rings (SSSR count). The molecule has 0 radical (unpaired) electrons. The van der Waals surface area contributed by atoms with Gasteiger partial charge in [0.25, 0.3) is 0 Å². The molecule has 0 aromatic rings. The summed E-state index contributed by atoms with van der Waals surface area (Å²) in [6.07, 6.45) is -8.08. The number of aliphatic hydroxyl groups excluding tert-OH is 5. The third-order valence-electron chi connectivity index (χ3n) is 2.04. The van der Waals surface area contributed by atoms with E-state index >= 15 is 0 Å². The Kier molecular flexibility index (Phi) is 6.66. The Labute approximate surface area is 103 Å². The maximum Gasteiger partial charge on any atom is 0.345 e. The van der Waals surface area contributed by atoms with Gasteiger partial charge in [0.1, 0.15) is 18.3 Å². The highest BCUT2D eigenvalue weighted by Crippen LogP contribution is 2.07. The fourth-order valence-electron chi connectivity index (χ4n) is 0.901. The summed E-state index contributed by atoms with van der Waals surface area (Å²) in [4.78, 5) is 22.1. The Morgan fingerprint density at radius 1 is 1.17 bits per heavy atom. The second-order valence-corrected chi connectivity index (χ2v) is 3.66. The molecule has 0 aliphatic carbocycles. The predicted octanol–water partition coefficient (Wildman–Crippen LogP) is -2.93. The average Bonchev–Trinajstić information content (AvgIpc) is 2.34. The zero-order chi connectivity index (χ0) is 14.5. The van der Waals surface area contributed by atoms with Crippen LogP contribution < -0.4 is 0 Å². The Morgan fingerprint density at radius 3 is 2.06 bits per heavy atom. The van der Waals surface area contributed by atoms with E-state index in [1.807, 2.05) is 0 Å². The Balaban J connectivity index is 4.54. The number of ether oxygens (including phenoxy) is 1. The molecular formula is C10H16O8. The van der Waals surface area contributed by atoms with Crippen LogP contribution in [0.1, 0.15) is 6.92 Å². The van der Waals surface area contributed by atoms with Crippen molar-refractivity contribution >= 4 is 11.9 Å². The molecule has 0 spiro atoms. The lowest BCUT2D eigenvalue weighted by atomic mass is 10.0. The molecule has 0 saturated heterocycles. The topological polar surface area (TPSA) is 145 Å². The first-order valence-corrected chi connectivity index (χ1v) is 4.97. The van der Waals surface area contributed by atoms with Gasteiger partial charge in [-0.05, 0) is 6.92 Å². The monoisotopic (exact) mass is 264 g/mol. The first-order valence-electron chi connectivity index (χ1n) is 4.97. The van der Waals surface area contributed by atoms with Gasteiger partial charge < -0.3 is 30.3 Å². The van der Waals surface area contributed by atoms with Gasteiger partial charge in [-0.3, -0.25) is 0 Å². The average molecular weight is 264 g/mol. The van der Waals surface area contributed by atoms with Crippen LogP contribution in [0.3, 0.4) is 0 Å². The van der Waals surface area contributed by atoms with Crippen LogP contribution >= 0.6 is 0 Å². The molecule has 8 nitrogen and oxygen atoms in total. The minimum absolute atomic E-state index is 0.0963. The maximum absolute atomic E-state index is 11.2. The molecule has 0 amide bonds. The van der Waals surface area contributed by atoms with Crippen LogP contribution in [-0.4, -0.2) is 68.5 Å². The number of rotatable bonds is 6. The number of carbonyl (C=O) groups excluding carboxylic acids is 2. The minimum Gasteiger partial charge on any atom is -0.394 e. The molecule has 0 aliphatic heterocycles. The van der Waals surface area contributed by atoms with Gasteiger partial charge in [-0.25, -0.2) is 9.59 Å². The zero-order valence-electron chi connectivity index (χ0n) is 9.68. The molecule has 4 atom stereocenters. The standard InChI is InChI=1S/C10H16O8/c1-4(2)9(16)18-10(17)8(15)7(14)6(13)5(12)3-11/h5-8,11-15H,1,3H2,2H3/t5-,6-,7+,8+/m1/s1. The van der Waals surface area contributed by atoms with Crippen molar-refractivity contribution in [1.82, 2.24) is 0 Å². The van der Waals surface area contributed by atoms with Crippen molar-refractivity contribution < 1.29 is 39.9 Å². The zero-order valence-corrected chi connectivity index (χ0v) is 9.68. The van der Waals surface area contributed by atoms with E-state index in [-0.39, 0.29) is 5.57 Å². The van der Waals surface area contributed by atoms with Gasteiger partial charge in [-0.2, -0.15) is 0 Å². The van der Waals surface area contributed by atoms with Gasteiger partial charge in [0.15, 0.2) is 6.10 Å². The molecule has 0 fully saturated rings. The van der Waals surface area contributed by atoms with E-state index in [0.717, 1.165) is 0 Å². The third-order valence-corrected chi connectivity index (χ3v) is 2.04. The molecule has 0 aliphatic rings. The van der Waals surface area contributed by atoms with Crippen molar-refractivity contribution in [3.05, 3.63) is 12.2 Å². The van der Waals surface area contributed by atoms with Gasteiger partial charge in [-0.1, -0.05) is 6.58 Å². The molecule has 0 saturated carbocycles. The first-order chi connectivity index (χ1) is 8.22. The minimum atomic E-state index is -2.25. The van der Waals surface area contributed by atoms with E-state index in [1.165, 1.54) is 6.92 Å². The summed E-state index contributed by atoms with van der Waals surface area (Å²) < 4.78 is 4.12. The lowest BCUT2D eigenvalue weighted by Gasteiger charge is -2.24. The molecule has 5 N–H and O–H groups in total. The van der Waals surface area contributed by atoms with Gasteiger partial charge in [0, 0.05) is 5.57 Å². The number of aliphatic hydroxyl groups is 5. The van der Waals surface area contributed by atoms with E-state index < -0.39 is 43.0 Å². The van der Waals surface area contributed by atoms with Crippen LogP contribution in [0.2, 0.25) is 0 Å². The highest BCUT2D eigenvalue weighted by molar-refractivity contribution is 5.96. The predicted molar refractivity (Wildman–Crippen MR) is 57.0 cm³/mol. The van der Waals surface area contributed by atoms with Crippen molar-refractivity contribution in [2.75, 3.05) is 6.61 Å². The van der Waals surface area contributed by atoms with Crippen molar-refractivity contribution in [3.8, 4) is 0 Å². The number of hydrogen-bond acceptors (Lipinski definition) is 8. The van der Waals surface area contributed by atoms with Crippen molar-refractivity contribution in [2.24, 2.45) is 0 Å². The fraction of sp³-hybridized carbons (Fsp3) is 0.600. The summed E-state index contributed by atoms with van der Waals surface area (Å²) >= 11 is 0. The molecule has 0 aromatic carbocycles. The first kappa shape index (κ1) is 16.7. The Hall–Kier alpha value is -1.32. The van der Waals surface area contributed by atoms with Crippen LogP contribution in [0.5, 0.6) is 0 Å². The molecule has 0 unspecified atom stereocenters. The number of esters is 2. The van der Waals surface area contributed by atoms with Crippen molar-refractivity contribution in [3.63, 3.8) is 0 Å². The van der Waals surface area contributed by atoms with E-state index in [4.69, 9.17) is 10.2 Å². The summed E-state index contributed by atoms with van der Waals surface area (Å²) in [7, 11) is 0. The lowest BCUT2D eigenvalue weighted by molar-refractivity contribution is -0.175. The summed E-state index contributed by atoms with van der Waals surface area (Å²) in [5, 5.41) is 45.3. The van der Waals surface area contributed by atoms with Gasteiger partial charge in [0.2, 0.25) is 0 Å². The van der Waals surface area contributed by atoms with Crippen LogP contribution in [0.15, 0.2) is 12.2 Å². The SMILES string of the molecule is C=C(C)C(=O)OC(=O)[C@@H](O)[C@@H](O)[C@H](O)[C@H](O)CO. The summed E-state index contributed by atoms with van der Waals surface area (Å²) in [5.41, 5.74) is -0.0963. The smallest absolute Gasteiger partial charge is 0.345 e. The number of carbonyl (C=O) groups is 2. The molecule has 0 heterocycles. The van der Waals surface area contributed by atoms with E-state index in [1.54, 1.807) is 0 Å². The number of hydrogen-bond donors (Lipinski definition) is 5. The lowest BCUT2D eigenvalue weighted by Crippen LogP contribution is -2.49. The molecule has 8 heteroatoms. The largest absolute Gasteiger partial charge is 0.394 e. The van der Waals surface area contributed by atoms with E-state index in [9.17, 15) is 24.9 Å². The van der Waals surface area contributed by atoms with E-state index in [2.05, 4.69) is 11.3 Å². The fourth-order valence-corrected chi connectivity index (χ4v) is 0.901. The van der Waals surface area contributed by atoms with Gasteiger partial charge >= 0.3 is 11.9 Å². The summed E-state index contributed by atoms with van der Waals surface area (Å²) in [6, 6.07) is 0. The maximum atomic E-state index is 11.2. The van der Waals surface area contributed by atoms with Gasteiger partial charge in [-0.15, -0.1) is 0 Å². The van der Waals surface area contributed by atoms with Crippen molar-refractivity contribution in [2.45, 2.75) is 31.3 Å². The molecule has 18 heavy (non-hydrogen) atoms. The van der Waals surface area contributed by atoms with E-state index in [0.29, 0.717) is 0 Å². The molecule has 0 aromatic heterocycles. The Bertz CT molecular complexity index is 326.